The Morgan fingerprint density at radius 2 is 2.08 bits per heavy atom. The number of aromatic amines is 1. The number of nitrogens with zero attached hydrogens (tertiary/aromatic N) is 6. The van der Waals surface area contributed by atoms with Crippen molar-refractivity contribution in [2.24, 2.45) is 0 Å². The van der Waals surface area contributed by atoms with E-state index in [2.05, 4.69) is 30.4 Å². The lowest BCUT2D eigenvalue weighted by Crippen LogP contribution is -2.31. The lowest BCUT2D eigenvalue weighted by Gasteiger charge is -2.20. The minimum Gasteiger partial charge on any atom is -0.382 e. The first kappa shape index (κ1) is 17.0. The van der Waals surface area contributed by atoms with Crippen molar-refractivity contribution in [1.29, 1.82) is 0 Å². The van der Waals surface area contributed by atoms with E-state index in [1.807, 2.05) is 30.3 Å². The Kier molecular flexibility index (Phi) is 4.92. The van der Waals surface area contributed by atoms with Crippen LogP contribution in [0.1, 0.15) is 17.9 Å². The van der Waals surface area contributed by atoms with Crippen LogP contribution in [0.4, 0.5) is 0 Å². The second kappa shape index (κ2) is 6.95. The molecule has 0 radical (unpaired) electrons. The van der Waals surface area contributed by atoms with Crippen LogP contribution in [0.15, 0.2) is 42.9 Å². The fourth-order valence-corrected chi connectivity index (χ4v) is 2.92. The first-order valence-electron chi connectivity index (χ1n) is 7.50. The van der Waals surface area contributed by atoms with Crippen LogP contribution in [0.3, 0.4) is 0 Å². The van der Waals surface area contributed by atoms with Gasteiger partial charge < -0.3 is 5.11 Å². The number of likely N-dealkylation sites (tertiary alicyclic amines) is 1. The molecule has 1 unspecified atom stereocenters. The van der Waals surface area contributed by atoms with Crippen molar-refractivity contribution in [3.05, 3.63) is 54.4 Å². The monoisotopic (exact) mass is 439 g/mol. The van der Waals surface area contributed by atoms with E-state index in [9.17, 15) is 5.11 Å². The summed E-state index contributed by atoms with van der Waals surface area (Å²) in [5, 5.41) is 25.5. The summed E-state index contributed by atoms with van der Waals surface area (Å²) in [5.41, 5.74) is 0.615. The zero-order valence-electron chi connectivity index (χ0n) is 12.9. The minimum atomic E-state index is -0.949. The van der Waals surface area contributed by atoms with Crippen LogP contribution in [0.5, 0.6) is 0 Å². The molecule has 2 aromatic heterocycles. The molecule has 4 rings (SSSR count). The van der Waals surface area contributed by atoms with Crippen LogP contribution in [0, 0.1) is 0 Å². The van der Waals surface area contributed by atoms with Crippen LogP contribution in [0.25, 0.3) is 5.69 Å². The van der Waals surface area contributed by atoms with Gasteiger partial charge in [0.2, 0.25) is 0 Å². The summed E-state index contributed by atoms with van der Waals surface area (Å²) in [4.78, 5) is 6.49. The lowest BCUT2D eigenvalue weighted by molar-refractivity contribution is 0.0406. The van der Waals surface area contributed by atoms with Crippen molar-refractivity contribution in [3.63, 3.8) is 0 Å². The molecule has 1 atom stereocenters. The number of para-hydroxylation sites is 1. The Labute approximate surface area is 155 Å². The predicted octanol–water partition coefficient (Wildman–Crippen LogP) is 1.10. The van der Waals surface area contributed by atoms with Crippen LogP contribution in [0.2, 0.25) is 0 Å². The van der Waals surface area contributed by atoms with Crippen molar-refractivity contribution in [2.75, 3.05) is 13.1 Å². The number of nitrogens with one attached hydrogen (secondary N) is 1. The van der Waals surface area contributed by atoms with Gasteiger partial charge in [-0.3, -0.25) is 4.90 Å². The molecule has 2 N–H and O–H groups in total. The van der Waals surface area contributed by atoms with E-state index < -0.39 is 5.60 Å². The third kappa shape index (κ3) is 3.32. The van der Waals surface area contributed by atoms with Crippen molar-refractivity contribution < 1.29 is 5.11 Å². The van der Waals surface area contributed by atoms with Gasteiger partial charge in [-0.15, -0.1) is 29.1 Å². The van der Waals surface area contributed by atoms with Crippen molar-refractivity contribution in [3.8, 4) is 5.69 Å². The van der Waals surface area contributed by atoms with E-state index in [0.717, 1.165) is 18.1 Å². The van der Waals surface area contributed by atoms with Crippen LogP contribution >= 0.6 is 24.0 Å². The lowest BCUT2D eigenvalue weighted by atomic mass is 10.0. The predicted molar refractivity (Wildman–Crippen MR) is 96.9 cm³/mol. The molecule has 3 heterocycles. The quantitative estimate of drug-likeness (QED) is 0.592. The molecule has 0 saturated carbocycles. The Morgan fingerprint density at radius 3 is 2.83 bits per heavy atom. The van der Waals surface area contributed by atoms with Gasteiger partial charge >= 0.3 is 0 Å². The third-order valence-electron chi connectivity index (χ3n) is 4.14. The fraction of sp³-hybridized carbons (Fsp3) is 0.333. The summed E-state index contributed by atoms with van der Waals surface area (Å²) < 4.78 is 1.76. The smallest absolute Gasteiger partial charge is 0.164 e. The summed E-state index contributed by atoms with van der Waals surface area (Å²) in [7, 11) is 0. The molecule has 9 heteroatoms. The summed E-state index contributed by atoms with van der Waals surface area (Å²) in [6, 6.07) is 9.87. The van der Waals surface area contributed by atoms with Gasteiger partial charge in [0.25, 0.3) is 0 Å². The first-order valence-corrected chi connectivity index (χ1v) is 7.50. The molecular formula is C15H18IN7O. The fourth-order valence-electron chi connectivity index (χ4n) is 2.92. The van der Waals surface area contributed by atoms with E-state index in [0.29, 0.717) is 25.2 Å². The maximum atomic E-state index is 10.7. The standard InChI is InChI=1S/C15H17N7O.HI/c23-15(13-8-17-20-18-13)6-7-21(10-15)9-14-16-11-22(19-14)12-4-2-1-3-5-12;/h1-5,8,11,23H,6-7,9-10H2,(H,17,18,20);1H. The number of H-pyrrole nitrogens is 1. The topological polar surface area (TPSA) is 95.8 Å². The number of halogens is 1. The van der Waals surface area contributed by atoms with Gasteiger partial charge in [0.1, 0.15) is 17.6 Å². The molecular weight excluding hydrogens is 421 g/mol. The first-order chi connectivity index (χ1) is 11.2. The summed E-state index contributed by atoms with van der Waals surface area (Å²) in [6.45, 7) is 1.86. The number of rotatable bonds is 4. The molecule has 0 spiro atoms. The zero-order valence-corrected chi connectivity index (χ0v) is 15.2. The van der Waals surface area contributed by atoms with Gasteiger partial charge in [-0.1, -0.05) is 18.2 Å². The summed E-state index contributed by atoms with van der Waals surface area (Å²) in [6.07, 6.45) is 3.91. The highest BCUT2D eigenvalue weighted by molar-refractivity contribution is 14.0. The third-order valence-corrected chi connectivity index (χ3v) is 4.14. The van der Waals surface area contributed by atoms with Crippen molar-refractivity contribution in [1.82, 2.24) is 35.1 Å². The maximum Gasteiger partial charge on any atom is 0.164 e. The number of hydrogen-bond donors (Lipinski definition) is 2. The second-order valence-corrected chi connectivity index (χ2v) is 5.79. The van der Waals surface area contributed by atoms with E-state index in [1.165, 1.54) is 0 Å². The Hall–Kier alpha value is -1.85. The normalized spacial score (nSPS) is 20.9. The minimum absolute atomic E-state index is 0. The number of benzene rings is 1. The van der Waals surface area contributed by atoms with Gasteiger partial charge in [-0.25, -0.2) is 9.67 Å². The number of β-amino-alcohol motifs (C(OH)–C–C–N with tert-alkyl or cyclic N) is 1. The molecule has 1 aliphatic rings. The molecule has 1 saturated heterocycles. The molecule has 3 aromatic rings. The number of hydrogen-bond acceptors (Lipinski definition) is 6. The molecule has 0 amide bonds. The average molecular weight is 439 g/mol. The molecule has 8 nitrogen and oxygen atoms in total. The molecule has 126 valence electrons. The van der Waals surface area contributed by atoms with Crippen LogP contribution < -0.4 is 0 Å². The van der Waals surface area contributed by atoms with E-state index in [-0.39, 0.29) is 24.0 Å². The largest absolute Gasteiger partial charge is 0.382 e. The van der Waals surface area contributed by atoms with E-state index in [4.69, 9.17) is 0 Å². The van der Waals surface area contributed by atoms with E-state index in [1.54, 1.807) is 17.2 Å². The Morgan fingerprint density at radius 1 is 1.25 bits per heavy atom. The van der Waals surface area contributed by atoms with Gasteiger partial charge in [0, 0.05) is 13.1 Å². The Bertz CT molecular complexity index is 776. The molecule has 1 aliphatic heterocycles. The molecule has 1 fully saturated rings. The average Bonchev–Trinajstić information content (AvgIpc) is 3.30. The van der Waals surface area contributed by atoms with Crippen LogP contribution in [-0.4, -0.2) is 53.3 Å². The summed E-state index contributed by atoms with van der Waals surface area (Å²) in [5.74, 6) is 0.734. The molecule has 24 heavy (non-hydrogen) atoms. The molecule has 0 aliphatic carbocycles. The zero-order chi connectivity index (χ0) is 15.7. The molecule has 1 aromatic carbocycles. The highest BCUT2D eigenvalue weighted by Crippen LogP contribution is 2.30. The van der Waals surface area contributed by atoms with Crippen LogP contribution in [-0.2, 0) is 12.1 Å². The van der Waals surface area contributed by atoms with Gasteiger partial charge in [0.05, 0.1) is 18.4 Å². The second-order valence-electron chi connectivity index (χ2n) is 5.79. The van der Waals surface area contributed by atoms with Gasteiger partial charge in [0.15, 0.2) is 5.82 Å². The van der Waals surface area contributed by atoms with Gasteiger partial charge in [-0.2, -0.15) is 15.4 Å². The van der Waals surface area contributed by atoms with E-state index >= 15 is 0 Å². The Balaban J connectivity index is 0.00000169. The maximum absolute atomic E-state index is 10.7. The SMILES string of the molecule is I.OC1(c2cn[nH]n2)CCN(Cc2ncn(-c3ccccc3)n2)C1. The summed E-state index contributed by atoms with van der Waals surface area (Å²) >= 11 is 0. The number of aromatic nitrogens is 6. The van der Waals surface area contributed by atoms with Crippen molar-refractivity contribution >= 4 is 24.0 Å². The molecule has 0 bridgehead atoms. The van der Waals surface area contributed by atoms with Crippen molar-refractivity contribution in [2.45, 2.75) is 18.6 Å². The number of aliphatic hydroxyl groups is 1. The van der Waals surface area contributed by atoms with Gasteiger partial charge in [-0.05, 0) is 18.6 Å². The highest BCUT2D eigenvalue weighted by atomic mass is 127. The highest BCUT2D eigenvalue weighted by Gasteiger charge is 2.39.